The molecule has 1 heterocycles. The Hall–Kier alpha value is -2.05. The number of carbonyl (C=O) groups excluding carboxylic acids is 1. The summed E-state index contributed by atoms with van der Waals surface area (Å²) < 4.78 is 0. The summed E-state index contributed by atoms with van der Waals surface area (Å²) in [5, 5.41) is 14.2. The summed E-state index contributed by atoms with van der Waals surface area (Å²) in [5.41, 5.74) is -0.996. The van der Waals surface area contributed by atoms with Gasteiger partial charge < -0.3 is 20.7 Å². The smallest absolute Gasteiger partial charge is 0.315 e. The van der Waals surface area contributed by atoms with Gasteiger partial charge in [0.25, 0.3) is 0 Å². The van der Waals surface area contributed by atoms with E-state index in [9.17, 15) is 9.59 Å². The molecular weight excluding hydrogens is 248 g/mol. The fourth-order valence-corrected chi connectivity index (χ4v) is 1.42. The minimum atomic E-state index is -0.996. The summed E-state index contributed by atoms with van der Waals surface area (Å²) in [4.78, 5) is 29.7. The molecule has 0 aromatic carbocycles. The van der Waals surface area contributed by atoms with Gasteiger partial charge in [-0.05, 0) is 20.3 Å². The van der Waals surface area contributed by atoms with Gasteiger partial charge in [-0.25, -0.2) is 9.78 Å². The van der Waals surface area contributed by atoms with Crippen LogP contribution in [0.2, 0.25) is 0 Å². The van der Waals surface area contributed by atoms with Crippen LogP contribution in [0.25, 0.3) is 0 Å². The van der Waals surface area contributed by atoms with E-state index in [0.29, 0.717) is 12.2 Å². The summed E-state index contributed by atoms with van der Waals surface area (Å²) >= 11 is 0. The number of urea groups is 1. The van der Waals surface area contributed by atoms with Crippen LogP contribution in [0.15, 0.2) is 12.4 Å². The van der Waals surface area contributed by atoms with Crippen molar-refractivity contribution in [3.63, 3.8) is 0 Å². The molecule has 1 atom stereocenters. The minimum Gasteiger partial charge on any atom is -0.481 e. The van der Waals surface area contributed by atoms with E-state index in [0.717, 1.165) is 0 Å². The molecule has 4 N–H and O–H groups in total. The van der Waals surface area contributed by atoms with E-state index in [2.05, 4.69) is 20.6 Å². The number of nitrogens with one attached hydrogen (secondary N) is 3. The van der Waals surface area contributed by atoms with Gasteiger partial charge >= 0.3 is 12.0 Å². The second kappa shape index (κ2) is 6.21. The molecule has 1 rings (SSSR count). The maximum atomic E-state index is 11.7. The van der Waals surface area contributed by atoms with Crippen molar-refractivity contribution in [1.82, 2.24) is 20.6 Å². The first-order chi connectivity index (χ1) is 8.86. The molecule has 0 aliphatic heterocycles. The fourth-order valence-electron chi connectivity index (χ4n) is 1.42. The molecule has 0 aliphatic carbocycles. The number of imidazole rings is 1. The largest absolute Gasteiger partial charge is 0.481 e. The van der Waals surface area contributed by atoms with Gasteiger partial charge in [0.15, 0.2) is 0 Å². The van der Waals surface area contributed by atoms with Gasteiger partial charge in [-0.1, -0.05) is 6.92 Å². The Morgan fingerprint density at radius 2 is 2.21 bits per heavy atom. The highest BCUT2D eigenvalue weighted by molar-refractivity contribution is 5.77. The number of aromatic amines is 1. The standard InChI is InChI=1S/C12H20N4O3/c1-4-8(9-13-5-6-14-9)16-11(19)15-7-12(2,3)10(17)18/h5-6,8H,4,7H2,1-3H3,(H,13,14)(H,17,18)(H2,15,16,19). The molecule has 0 aliphatic rings. The molecule has 2 amide bonds. The third-order valence-electron chi connectivity index (χ3n) is 2.83. The number of aromatic nitrogens is 2. The van der Waals surface area contributed by atoms with E-state index in [1.54, 1.807) is 26.2 Å². The summed E-state index contributed by atoms with van der Waals surface area (Å²) in [5.74, 6) is -0.277. The lowest BCUT2D eigenvalue weighted by molar-refractivity contribution is -0.146. The van der Waals surface area contributed by atoms with Crippen LogP contribution in [0.1, 0.15) is 39.1 Å². The van der Waals surface area contributed by atoms with E-state index in [1.165, 1.54) is 0 Å². The molecule has 19 heavy (non-hydrogen) atoms. The van der Waals surface area contributed by atoms with Crippen molar-refractivity contribution in [1.29, 1.82) is 0 Å². The second-order valence-electron chi connectivity index (χ2n) is 4.95. The zero-order valence-electron chi connectivity index (χ0n) is 11.4. The van der Waals surface area contributed by atoms with Crippen molar-refractivity contribution >= 4 is 12.0 Å². The van der Waals surface area contributed by atoms with Crippen molar-refractivity contribution < 1.29 is 14.7 Å². The Morgan fingerprint density at radius 3 is 2.68 bits per heavy atom. The Morgan fingerprint density at radius 1 is 1.53 bits per heavy atom. The lowest BCUT2D eigenvalue weighted by Crippen LogP contribution is -2.44. The van der Waals surface area contributed by atoms with Crippen molar-refractivity contribution in [3.8, 4) is 0 Å². The molecule has 0 saturated carbocycles. The predicted octanol–water partition coefficient (Wildman–Crippen LogP) is 1.27. The number of hydrogen-bond donors (Lipinski definition) is 4. The maximum Gasteiger partial charge on any atom is 0.315 e. The molecular formula is C12H20N4O3. The van der Waals surface area contributed by atoms with Gasteiger partial charge in [0.1, 0.15) is 5.82 Å². The minimum absolute atomic E-state index is 0.0583. The van der Waals surface area contributed by atoms with Gasteiger partial charge in [-0.2, -0.15) is 0 Å². The first-order valence-electron chi connectivity index (χ1n) is 6.14. The highest BCUT2D eigenvalue weighted by Crippen LogP contribution is 2.14. The average Bonchev–Trinajstić information content (AvgIpc) is 2.87. The highest BCUT2D eigenvalue weighted by Gasteiger charge is 2.27. The third kappa shape index (κ3) is 4.27. The molecule has 0 radical (unpaired) electrons. The van der Waals surface area contributed by atoms with Crippen molar-refractivity contribution in [2.24, 2.45) is 5.41 Å². The predicted molar refractivity (Wildman–Crippen MR) is 69.6 cm³/mol. The molecule has 106 valence electrons. The summed E-state index contributed by atoms with van der Waals surface area (Å²) in [6.45, 7) is 5.09. The summed E-state index contributed by atoms with van der Waals surface area (Å²) in [6, 6.07) is -0.625. The van der Waals surface area contributed by atoms with Gasteiger partial charge in [-0.3, -0.25) is 4.79 Å². The van der Waals surface area contributed by atoms with Crippen LogP contribution in [-0.2, 0) is 4.79 Å². The van der Waals surface area contributed by atoms with Crippen LogP contribution in [0.5, 0.6) is 0 Å². The molecule has 1 aromatic rings. The van der Waals surface area contributed by atoms with Crippen LogP contribution in [0, 0.1) is 5.41 Å². The number of carboxylic acids is 1. The average molecular weight is 268 g/mol. The monoisotopic (exact) mass is 268 g/mol. The van der Waals surface area contributed by atoms with Crippen LogP contribution in [0.4, 0.5) is 4.79 Å². The Bertz CT molecular complexity index is 428. The number of carbonyl (C=O) groups is 2. The highest BCUT2D eigenvalue weighted by atomic mass is 16.4. The van der Waals surface area contributed by atoms with Gasteiger partial charge in [0.2, 0.25) is 0 Å². The quantitative estimate of drug-likeness (QED) is 0.623. The summed E-state index contributed by atoms with van der Waals surface area (Å²) in [6.07, 6.45) is 3.99. The lowest BCUT2D eigenvalue weighted by Gasteiger charge is -2.21. The van der Waals surface area contributed by atoms with E-state index in [4.69, 9.17) is 5.11 Å². The topological polar surface area (TPSA) is 107 Å². The molecule has 1 unspecified atom stereocenters. The van der Waals surface area contributed by atoms with E-state index >= 15 is 0 Å². The molecule has 1 aromatic heterocycles. The van der Waals surface area contributed by atoms with Crippen molar-refractivity contribution in [2.75, 3.05) is 6.54 Å². The van der Waals surface area contributed by atoms with Crippen LogP contribution >= 0.6 is 0 Å². The number of amides is 2. The van der Waals surface area contributed by atoms with Crippen molar-refractivity contribution in [3.05, 3.63) is 18.2 Å². The zero-order valence-corrected chi connectivity index (χ0v) is 11.4. The number of H-pyrrole nitrogens is 1. The van der Waals surface area contributed by atoms with Crippen LogP contribution < -0.4 is 10.6 Å². The third-order valence-corrected chi connectivity index (χ3v) is 2.83. The Labute approximate surface area is 111 Å². The van der Waals surface area contributed by atoms with E-state index < -0.39 is 17.4 Å². The normalized spacial score (nSPS) is 12.8. The molecule has 0 saturated heterocycles. The molecule has 0 spiro atoms. The number of nitrogens with zero attached hydrogens (tertiary/aromatic N) is 1. The fraction of sp³-hybridized carbons (Fsp3) is 0.583. The van der Waals surface area contributed by atoms with Crippen molar-refractivity contribution in [2.45, 2.75) is 33.2 Å². The molecule has 0 fully saturated rings. The number of rotatable bonds is 6. The molecule has 7 nitrogen and oxygen atoms in total. The SMILES string of the molecule is CCC(NC(=O)NCC(C)(C)C(=O)O)c1ncc[nH]1. The second-order valence-corrected chi connectivity index (χ2v) is 4.95. The summed E-state index contributed by atoms with van der Waals surface area (Å²) in [7, 11) is 0. The van der Waals surface area contributed by atoms with Crippen LogP contribution in [0.3, 0.4) is 0 Å². The van der Waals surface area contributed by atoms with Gasteiger partial charge in [-0.15, -0.1) is 0 Å². The van der Waals surface area contributed by atoms with E-state index in [-0.39, 0.29) is 12.6 Å². The lowest BCUT2D eigenvalue weighted by atomic mass is 9.94. The number of aliphatic carboxylic acids is 1. The van der Waals surface area contributed by atoms with Gasteiger partial charge in [0, 0.05) is 18.9 Å². The number of carboxylic acid groups (broad SMARTS) is 1. The number of hydrogen-bond acceptors (Lipinski definition) is 3. The zero-order chi connectivity index (χ0) is 14.5. The van der Waals surface area contributed by atoms with E-state index in [1.807, 2.05) is 6.92 Å². The van der Waals surface area contributed by atoms with Crippen LogP contribution in [-0.4, -0.2) is 33.6 Å². The Kier molecular flexibility index (Phi) is 4.91. The Balaban J connectivity index is 2.49. The van der Waals surface area contributed by atoms with Gasteiger partial charge in [0.05, 0.1) is 11.5 Å². The first-order valence-corrected chi connectivity index (χ1v) is 6.14. The maximum absolute atomic E-state index is 11.7. The molecule has 7 heteroatoms. The molecule has 0 bridgehead atoms. The first kappa shape index (κ1) is 15.0.